The van der Waals surface area contributed by atoms with Gasteiger partial charge in [0.15, 0.2) is 11.6 Å². The molecule has 0 aliphatic carbocycles. The summed E-state index contributed by atoms with van der Waals surface area (Å²) in [6.07, 6.45) is 3.43. The van der Waals surface area contributed by atoms with Crippen molar-refractivity contribution >= 4 is 34.6 Å². The Morgan fingerprint density at radius 3 is 2.89 bits per heavy atom. The lowest BCUT2D eigenvalue weighted by Crippen LogP contribution is -2.48. The van der Waals surface area contributed by atoms with Crippen LogP contribution in [0, 0.1) is 0 Å². The van der Waals surface area contributed by atoms with E-state index in [1.807, 2.05) is 29.6 Å². The molecule has 0 spiro atoms. The van der Waals surface area contributed by atoms with E-state index < -0.39 is 0 Å². The molecule has 1 aliphatic heterocycles. The number of methoxy groups -OCH3 is 1. The predicted octanol–water partition coefficient (Wildman–Crippen LogP) is 2.29. The van der Waals surface area contributed by atoms with Gasteiger partial charge in [0, 0.05) is 24.7 Å². The predicted molar refractivity (Wildman–Crippen MR) is 105 cm³/mol. The number of hydrogen-bond acceptors (Lipinski definition) is 8. The van der Waals surface area contributed by atoms with E-state index in [0.29, 0.717) is 30.5 Å². The molecule has 27 heavy (non-hydrogen) atoms. The number of carbonyl (C=O) groups excluding carboxylic acids is 1. The molecule has 0 aromatic carbocycles. The maximum absolute atomic E-state index is 12.0. The van der Waals surface area contributed by atoms with Crippen LogP contribution in [0.3, 0.4) is 0 Å². The summed E-state index contributed by atoms with van der Waals surface area (Å²) in [7, 11) is 1.60. The first kappa shape index (κ1) is 17.4. The minimum Gasteiger partial charge on any atom is -0.493 e. The number of carbonyl (C=O) groups is 1. The molecule has 3 aromatic heterocycles. The van der Waals surface area contributed by atoms with Gasteiger partial charge in [-0.2, -0.15) is 0 Å². The van der Waals surface area contributed by atoms with Gasteiger partial charge in [-0.3, -0.25) is 4.79 Å². The third-order valence-electron chi connectivity index (χ3n) is 4.13. The van der Waals surface area contributed by atoms with Crippen molar-refractivity contribution in [1.29, 1.82) is 0 Å². The zero-order valence-corrected chi connectivity index (χ0v) is 15.5. The van der Waals surface area contributed by atoms with Gasteiger partial charge in [0.25, 0.3) is 0 Å². The Hall–Kier alpha value is -3.04. The highest BCUT2D eigenvalue weighted by molar-refractivity contribution is 7.13. The number of pyridine rings is 2. The van der Waals surface area contributed by atoms with E-state index in [9.17, 15) is 4.79 Å². The summed E-state index contributed by atoms with van der Waals surface area (Å²) in [4.78, 5) is 27.0. The van der Waals surface area contributed by atoms with Gasteiger partial charge in [-0.1, -0.05) is 0 Å². The van der Waals surface area contributed by atoms with Crippen molar-refractivity contribution in [3.8, 4) is 16.5 Å². The Kier molecular flexibility index (Phi) is 4.95. The quantitative estimate of drug-likeness (QED) is 0.699. The Labute approximate surface area is 160 Å². The molecule has 0 radical (unpaired) electrons. The average Bonchev–Trinajstić information content (AvgIpc) is 3.24. The second kappa shape index (κ2) is 7.68. The molecule has 0 bridgehead atoms. The summed E-state index contributed by atoms with van der Waals surface area (Å²) in [6, 6.07) is 7.41. The molecule has 4 heterocycles. The summed E-state index contributed by atoms with van der Waals surface area (Å²) < 4.78 is 5.39. The summed E-state index contributed by atoms with van der Waals surface area (Å²) in [6.45, 7) is 1.76. The summed E-state index contributed by atoms with van der Waals surface area (Å²) >= 11 is 1.52. The topological polar surface area (TPSA) is 92.3 Å². The molecule has 3 aromatic rings. The monoisotopic (exact) mass is 382 g/mol. The van der Waals surface area contributed by atoms with Crippen LogP contribution in [0.2, 0.25) is 0 Å². The molecule has 1 fully saturated rings. The number of rotatable bonds is 5. The largest absolute Gasteiger partial charge is 0.493 e. The maximum Gasteiger partial charge on any atom is 0.241 e. The zero-order valence-electron chi connectivity index (χ0n) is 14.7. The molecule has 1 aliphatic rings. The van der Waals surface area contributed by atoms with E-state index in [4.69, 9.17) is 4.74 Å². The van der Waals surface area contributed by atoms with Crippen molar-refractivity contribution in [3.05, 3.63) is 42.0 Å². The maximum atomic E-state index is 12.0. The van der Waals surface area contributed by atoms with Gasteiger partial charge in [0.2, 0.25) is 5.91 Å². The number of amides is 1. The van der Waals surface area contributed by atoms with Crippen molar-refractivity contribution in [3.63, 3.8) is 0 Å². The van der Waals surface area contributed by atoms with Crippen LogP contribution in [-0.4, -0.2) is 47.6 Å². The van der Waals surface area contributed by atoms with E-state index in [-0.39, 0.29) is 5.91 Å². The van der Waals surface area contributed by atoms with Gasteiger partial charge in [-0.05, 0) is 24.3 Å². The molecule has 4 rings (SSSR count). The van der Waals surface area contributed by atoms with Crippen LogP contribution < -0.4 is 20.3 Å². The lowest BCUT2D eigenvalue weighted by atomic mass is 10.3. The van der Waals surface area contributed by atoms with E-state index in [0.717, 1.165) is 22.9 Å². The Morgan fingerprint density at radius 1 is 1.26 bits per heavy atom. The zero-order chi connectivity index (χ0) is 18.6. The van der Waals surface area contributed by atoms with Crippen LogP contribution in [0.25, 0.3) is 10.7 Å². The lowest BCUT2D eigenvalue weighted by molar-refractivity contribution is -0.118. The number of hydrogen-bond donors (Lipinski definition) is 2. The molecule has 2 N–H and O–H groups in total. The number of piperazine rings is 1. The molecule has 1 amide bonds. The van der Waals surface area contributed by atoms with Crippen molar-refractivity contribution < 1.29 is 9.53 Å². The first-order chi connectivity index (χ1) is 13.2. The third-order valence-corrected chi connectivity index (χ3v) is 4.92. The fourth-order valence-electron chi connectivity index (χ4n) is 2.79. The van der Waals surface area contributed by atoms with Gasteiger partial charge in [0.1, 0.15) is 16.5 Å². The van der Waals surface area contributed by atoms with Crippen molar-refractivity contribution in [1.82, 2.24) is 20.3 Å². The van der Waals surface area contributed by atoms with E-state index in [1.54, 1.807) is 24.4 Å². The highest BCUT2D eigenvalue weighted by Gasteiger charge is 2.19. The number of thiazole rings is 1. The molecule has 0 saturated carbocycles. The number of nitrogens with one attached hydrogen (secondary N) is 2. The van der Waals surface area contributed by atoms with Crippen LogP contribution in [0.15, 0.2) is 42.0 Å². The Morgan fingerprint density at radius 2 is 2.19 bits per heavy atom. The van der Waals surface area contributed by atoms with Crippen LogP contribution in [-0.2, 0) is 4.79 Å². The molecule has 1 saturated heterocycles. The SMILES string of the molecule is COc1ccc(-c2nccs2)nc1Nc1ccc(N2CCNCC2=O)cn1. The number of anilines is 3. The van der Waals surface area contributed by atoms with Gasteiger partial charge in [0.05, 0.1) is 25.5 Å². The first-order valence-corrected chi connectivity index (χ1v) is 9.31. The fourth-order valence-corrected chi connectivity index (χ4v) is 3.40. The second-order valence-corrected chi connectivity index (χ2v) is 6.73. The van der Waals surface area contributed by atoms with E-state index in [1.165, 1.54) is 11.3 Å². The normalized spacial score (nSPS) is 14.3. The number of ether oxygens (including phenoxy) is 1. The van der Waals surface area contributed by atoms with Crippen molar-refractivity contribution in [2.24, 2.45) is 0 Å². The minimum absolute atomic E-state index is 0.0447. The minimum atomic E-state index is 0.0447. The summed E-state index contributed by atoms with van der Waals surface area (Å²) in [5.41, 5.74) is 1.54. The van der Waals surface area contributed by atoms with Crippen LogP contribution in [0.4, 0.5) is 17.3 Å². The van der Waals surface area contributed by atoms with Crippen LogP contribution >= 0.6 is 11.3 Å². The third kappa shape index (κ3) is 3.74. The highest BCUT2D eigenvalue weighted by Crippen LogP contribution is 2.30. The average molecular weight is 382 g/mol. The van der Waals surface area contributed by atoms with Crippen molar-refractivity contribution in [2.45, 2.75) is 0 Å². The van der Waals surface area contributed by atoms with Crippen LogP contribution in [0.1, 0.15) is 0 Å². The highest BCUT2D eigenvalue weighted by atomic mass is 32.1. The first-order valence-electron chi connectivity index (χ1n) is 8.43. The standard InChI is InChI=1S/C18H18N6O2S/c1-26-14-4-3-13(18-20-7-9-27-18)22-17(14)23-15-5-2-12(10-21-15)24-8-6-19-11-16(24)25/h2-5,7,9-10,19H,6,8,11H2,1H3,(H,21,22,23). The molecular weight excluding hydrogens is 364 g/mol. The second-order valence-electron chi connectivity index (χ2n) is 5.83. The van der Waals surface area contributed by atoms with Gasteiger partial charge in [-0.15, -0.1) is 11.3 Å². The van der Waals surface area contributed by atoms with Crippen LogP contribution in [0.5, 0.6) is 5.75 Å². The van der Waals surface area contributed by atoms with E-state index in [2.05, 4.69) is 25.6 Å². The van der Waals surface area contributed by atoms with Gasteiger partial charge in [-0.25, -0.2) is 15.0 Å². The van der Waals surface area contributed by atoms with E-state index >= 15 is 0 Å². The number of nitrogens with zero attached hydrogens (tertiary/aromatic N) is 4. The molecule has 0 atom stereocenters. The molecule has 0 unspecified atom stereocenters. The smallest absolute Gasteiger partial charge is 0.241 e. The Bertz CT molecular complexity index is 930. The molecule has 138 valence electrons. The molecule has 9 heteroatoms. The molecular formula is C18H18N6O2S. The molecule has 8 nitrogen and oxygen atoms in total. The fraction of sp³-hybridized carbons (Fsp3) is 0.222. The Balaban J connectivity index is 1.56. The van der Waals surface area contributed by atoms with Crippen molar-refractivity contribution in [2.75, 3.05) is 37.0 Å². The summed E-state index contributed by atoms with van der Waals surface area (Å²) in [5.74, 6) is 1.83. The lowest BCUT2D eigenvalue weighted by Gasteiger charge is -2.27. The summed E-state index contributed by atoms with van der Waals surface area (Å²) in [5, 5.41) is 8.98. The van der Waals surface area contributed by atoms with Gasteiger partial charge >= 0.3 is 0 Å². The van der Waals surface area contributed by atoms with Gasteiger partial charge < -0.3 is 20.3 Å². The number of aromatic nitrogens is 3.